The number of nitrogens with zero attached hydrogens (tertiary/aromatic N) is 2. The Hall–Kier alpha value is -2.70. The molecule has 0 unspecified atom stereocenters. The van der Waals surface area contributed by atoms with Crippen LogP contribution in [0.4, 0.5) is 17.1 Å². The van der Waals surface area contributed by atoms with Gasteiger partial charge in [0.1, 0.15) is 5.69 Å². The summed E-state index contributed by atoms with van der Waals surface area (Å²) in [6.07, 6.45) is 11.6. The van der Waals surface area contributed by atoms with Gasteiger partial charge in [-0.15, -0.1) is 0 Å². The van der Waals surface area contributed by atoms with Gasteiger partial charge < -0.3 is 5.32 Å². The Morgan fingerprint density at radius 2 is 1.59 bits per heavy atom. The lowest BCUT2D eigenvalue weighted by Crippen LogP contribution is -2.33. The highest BCUT2D eigenvalue weighted by Gasteiger charge is 2.59. The molecular weight excluding hydrogens is 370 g/mol. The molecule has 7 nitrogen and oxygen atoms in total. The quantitative estimate of drug-likeness (QED) is 0.273. The lowest BCUT2D eigenvalue weighted by atomic mass is 9.85. The molecular formula is C22H25N3O4. The van der Waals surface area contributed by atoms with E-state index in [1.807, 2.05) is 12.2 Å². The first kappa shape index (κ1) is 18.3. The minimum Gasteiger partial charge on any atom is -0.377 e. The van der Waals surface area contributed by atoms with E-state index in [9.17, 15) is 19.7 Å². The molecule has 3 aliphatic carbocycles. The van der Waals surface area contributed by atoms with Crippen LogP contribution in [0, 0.1) is 33.8 Å². The van der Waals surface area contributed by atoms with Crippen molar-refractivity contribution >= 4 is 28.9 Å². The standard InChI is InChI=1S/C22H25N3O4/c26-21-19-13-7-8-14(11-13)20(19)22(27)24(21)16-9-10-17(18(12-16)25(28)29)23-15-5-3-1-2-4-6-15/h7-10,12-15,19-20,23H,1-6,11H2/t13-,14-,19-,20-/m0/s1. The lowest BCUT2D eigenvalue weighted by Gasteiger charge is -2.20. The maximum absolute atomic E-state index is 13.0. The van der Waals surface area contributed by atoms with Gasteiger partial charge in [0.15, 0.2) is 0 Å². The molecule has 4 atom stereocenters. The number of hydrogen-bond donors (Lipinski definition) is 1. The van der Waals surface area contributed by atoms with Gasteiger partial charge in [0.05, 0.1) is 22.4 Å². The van der Waals surface area contributed by atoms with E-state index in [2.05, 4.69) is 5.32 Å². The van der Waals surface area contributed by atoms with Crippen molar-refractivity contribution in [2.45, 2.75) is 51.0 Å². The van der Waals surface area contributed by atoms with Crippen LogP contribution in [0.3, 0.4) is 0 Å². The first-order valence-electron chi connectivity index (χ1n) is 10.7. The fourth-order valence-electron chi connectivity index (χ4n) is 5.73. The van der Waals surface area contributed by atoms with Crippen molar-refractivity contribution in [3.05, 3.63) is 40.5 Å². The first-order valence-corrected chi connectivity index (χ1v) is 10.7. The summed E-state index contributed by atoms with van der Waals surface area (Å²) >= 11 is 0. The van der Waals surface area contributed by atoms with Crippen molar-refractivity contribution in [2.24, 2.45) is 23.7 Å². The van der Waals surface area contributed by atoms with Gasteiger partial charge in [-0.2, -0.15) is 0 Å². The molecule has 2 saturated carbocycles. The van der Waals surface area contributed by atoms with E-state index in [1.165, 1.54) is 23.8 Å². The van der Waals surface area contributed by atoms with E-state index < -0.39 is 4.92 Å². The van der Waals surface area contributed by atoms with Crippen LogP contribution < -0.4 is 10.2 Å². The molecule has 3 fully saturated rings. The largest absolute Gasteiger partial charge is 0.377 e. The molecule has 0 spiro atoms. The zero-order valence-electron chi connectivity index (χ0n) is 16.3. The first-order chi connectivity index (χ1) is 14.0. The number of anilines is 2. The summed E-state index contributed by atoms with van der Waals surface area (Å²) in [4.78, 5) is 38.5. The van der Waals surface area contributed by atoms with Gasteiger partial charge in [-0.3, -0.25) is 19.7 Å². The minimum atomic E-state index is -0.431. The van der Waals surface area contributed by atoms with Crippen molar-refractivity contribution < 1.29 is 14.5 Å². The van der Waals surface area contributed by atoms with Gasteiger partial charge in [-0.05, 0) is 43.2 Å². The van der Waals surface area contributed by atoms with E-state index >= 15 is 0 Å². The molecule has 7 heteroatoms. The fraction of sp³-hybridized carbons (Fsp3) is 0.545. The summed E-state index contributed by atoms with van der Waals surface area (Å²) in [5.41, 5.74) is 0.698. The third-order valence-corrected chi connectivity index (χ3v) is 7.12. The Morgan fingerprint density at radius 1 is 0.966 bits per heavy atom. The van der Waals surface area contributed by atoms with Crippen molar-refractivity contribution in [1.82, 2.24) is 0 Å². The highest BCUT2D eigenvalue weighted by atomic mass is 16.6. The molecule has 4 aliphatic rings. The number of benzene rings is 1. The molecule has 1 N–H and O–H groups in total. The van der Waals surface area contributed by atoms with Gasteiger partial charge >= 0.3 is 0 Å². The van der Waals surface area contributed by atoms with E-state index in [1.54, 1.807) is 12.1 Å². The number of rotatable bonds is 4. The molecule has 1 aromatic carbocycles. The van der Waals surface area contributed by atoms with Crippen LogP contribution in [-0.2, 0) is 9.59 Å². The summed E-state index contributed by atoms with van der Waals surface area (Å²) in [6.45, 7) is 0. The van der Waals surface area contributed by atoms with Gasteiger partial charge in [-0.1, -0.05) is 37.8 Å². The van der Waals surface area contributed by atoms with Gasteiger partial charge in [0, 0.05) is 12.1 Å². The minimum absolute atomic E-state index is 0.0782. The highest BCUT2D eigenvalue weighted by Crippen LogP contribution is 2.53. The third-order valence-electron chi connectivity index (χ3n) is 7.12. The summed E-state index contributed by atoms with van der Waals surface area (Å²) in [5, 5.41) is 15.1. The second-order valence-electron chi connectivity index (χ2n) is 8.80. The monoisotopic (exact) mass is 395 g/mol. The maximum Gasteiger partial charge on any atom is 0.294 e. The van der Waals surface area contributed by atoms with Gasteiger partial charge in [-0.25, -0.2) is 4.90 Å². The molecule has 2 amide bonds. The van der Waals surface area contributed by atoms with Gasteiger partial charge in [0.2, 0.25) is 11.8 Å². The number of carbonyl (C=O) groups is 2. The molecule has 0 radical (unpaired) electrons. The van der Waals surface area contributed by atoms with Crippen molar-refractivity contribution in [3.63, 3.8) is 0 Å². The molecule has 152 valence electrons. The smallest absolute Gasteiger partial charge is 0.294 e. The van der Waals surface area contributed by atoms with Crippen LogP contribution in [0.2, 0.25) is 0 Å². The Kier molecular flexibility index (Phi) is 4.41. The van der Waals surface area contributed by atoms with E-state index in [0.717, 1.165) is 32.1 Å². The average Bonchev–Trinajstić information content (AvgIpc) is 3.31. The van der Waals surface area contributed by atoms with Crippen LogP contribution in [0.5, 0.6) is 0 Å². The molecule has 5 rings (SSSR count). The number of imide groups is 1. The molecule has 1 heterocycles. The third kappa shape index (κ3) is 2.94. The predicted molar refractivity (Wildman–Crippen MR) is 108 cm³/mol. The second kappa shape index (κ2) is 6.97. The number of carbonyl (C=O) groups excluding carboxylic acids is 2. The van der Waals surface area contributed by atoms with Crippen LogP contribution in [0.1, 0.15) is 44.9 Å². The molecule has 1 saturated heterocycles. The van der Waals surface area contributed by atoms with Crippen LogP contribution in [0.25, 0.3) is 0 Å². The highest BCUT2D eigenvalue weighted by molar-refractivity contribution is 6.23. The van der Waals surface area contributed by atoms with Crippen molar-refractivity contribution in [3.8, 4) is 0 Å². The average molecular weight is 395 g/mol. The Bertz CT molecular complexity index is 873. The number of hydrogen-bond acceptors (Lipinski definition) is 5. The zero-order chi connectivity index (χ0) is 20.1. The number of allylic oxidation sites excluding steroid dienone is 2. The number of fused-ring (bicyclic) bond motifs is 5. The molecule has 1 aliphatic heterocycles. The summed E-state index contributed by atoms with van der Waals surface area (Å²) in [6, 6.07) is 4.92. The summed E-state index contributed by atoms with van der Waals surface area (Å²) in [7, 11) is 0. The molecule has 0 aromatic heterocycles. The maximum atomic E-state index is 13.0. The van der Waals surface area contributed by atoms with Crippen LogP contribution in [-0.4, -0.2) is 22.8 Å². The Balaban J connectivity index is 1.43. The van der Waals surface area contributed by atoms with E-state index in [-0.39, 0.29) is 47.2 Å². The van der Waals surface area contributed by atoms with Crippen LogP contribution in [0.15, 0.2) is 30.4 Å². The number of nitro benzene ring substituents is 1. The Labute approximate surface area is 169 Å². The van der Waals surface area contributed by atoms with Crippen molar-refractivity contribution in [1.29, 1.82) is 0 Å². The second-order valence-corrected chi connectivity index (χ2v) is 8.80. The number of nitro groups is 1. The summed E-state index contributed by atoms with van der Waals surface area (Å²) < 4.78 is 0. The predicted octanol–water partition coefficient (Wildman–Crippen LogP) is 4.04. The molecule has 2 bridgehead atoms. The number of amides is 2. The van der Waals surface area contributed by atoms with E-state index in [4.69, 9.17) is 0 Å². The number of nitrogens with one attached hydrogen (secondary N) is 1. The van der Waals surface area contributed by atoms with E-state index in [0.29, 0.717) is 11.4 Å². The topological polar surface area (TPSA) is 92.6 Å². The SMILES string of the molecule is O=C1[C@@H]2[C@@H](C(=O)N1c1ccc(NC3CCCCCC3)c([N+](=O)[O-])c1)[C@H]1C=C[C@H]2C1. The zero-order valence-corrected chi connectivity index (χ0v) is 16.3. The molecule has 29 heavy (non-hydrogen) atoms. The Morgan fingerprint density at radius 3 is 2.17 bits per heavy atom. The van der Waals surface area contributed by atoms with Gasteiger partial charge in [0.25, 0.3) is 5.69 Å². The fourth-order valence-corrected chi connectivity index (χ4v) is 5.73. The van der Waals surface area contributed by atoms with Crippen LogP contribution >= 0.6 is 0 Å². The normalized spacial score (nSPS) is 31.2. The van der Waals surface area contributed by atoms with Crippen molar-refractivity contribution in [2.75, 3.05) is 10.2 Å². The molecule has 1 aromatic rings. The lowest BCUT2D eigenvalue weighted by molar-refractivity contribution is -0.383. The summed E-state index contributed by atoms with van der Waals surface area (Å²) in [5.74, 6) is -0.790.